The molecular weight excluding hydrogens is 481 g/mol. The van der Waals surface area contributed by atoms with Gasteiger partial charge in [0, 0.05) is 25.5 Å². The number of pyridine rings is 2. The van der Waals surface area contributed by atoms with Crippen molar-refractivity contribution in [1.82, 2.24) is 19.8 Å². The number of halogens is 1. The molecule has 0 spiro atoms. The molecule has 2 rings (SSSR count). The SMILES string of the molecule is CN(CCCN(C)Cc1ccccn1)Cc1ccccn1.[Cu+2].[N-]=C=S.[O-][Cl+3]([O-])([O-])[O-]. The van der Waals surface area contributed by atoms with E-state index in [4.69, 9.17) is 24.0 Å². The minimum atomic E-state index is -4.94. The van der Waals surface area contributed by atoms with E-state index in [1.165, 1.54) is 5.16 Å². The van der Waals surface area contributed by atoms with Gasteiger partial charge in [0.05, 0.1) is 11.4 Å². The van der Waals surface area contributed by atoms with Crippen molar-refractivity contribution < 1.29 is 45.9 Å². The molecule has 0 aliphatic carbocycles. The molecule has 0 saturated carbocycles. The molecule has 2 heterocycles. The fourth-order valence-corrected chi connectivity index (χ4v) is 2.31. The molecule has 0 aliphatic rings. The van der Waals surface area contributed by atoms with E-state index in [2.05, 4.69) is 58.2 Å². The van der Waals surface area contributed by atoms with Crippen LogP contribution in [-0.2, 0) is 30.2 Å². The monoisotopic (exact) mass is 504 g/mol. The summed E-state index contributed by atoms with van der Waals surface area (Å²) in [6, 6.07) is 12.1. The van der Waals surface area contributed by atoms with Crippen molar-refractivity contribution >= 4 is 17.4 Å². The van der Waals surface area contributed by atoms with Crippen molar-refractivity contribution in [2.45, 2.75) is 19.5 Å². The average molecular weight is 505 g/mol. The molecule has 12 heteroatoms. The predicted molar refractivity (Wildman–Crippen MR) is 102 cm³/mol. The van der Waals surface area contributed by atoms with Gasteiger partial charge in [-0.15, -0.1) is 10.2 Å². The van der Waals surface area contributed by atoms with Gasteiger partial charge >= 0.3 is 17.1 Å². The van der Waals surface area contributed by atoms with E-state index in [1.54, 1.807) is 0 Å². The molecule has 0 unspecified atom stereocenters. The molecule has 0 fully saturated rings. The number of hydrogen-bond donors (Lipinski definition) is 0. The number of aromatic nitrogens is 2. The Balaban J connectivity index is 0. The molecule has 0 bridgehead atoms. The first-order chi connectivity index (χ1) is 13.7. The molecule has 0 atom stereocenters. The van der Waals surface area contributed by atoms with Crippen LogP contribution in [0.5, 0.6) is 0 Å². The molecule has 1 radical (unpaired) electrons. The second-order valence-corrected chi connectivity index (χ2v) is 6.88. The second kappa shape index (κ2) is 18.4. The number of isothiocyanates is 1. The Bertz CT molecular complexity index is 638. The van der Waals surface area contributed by atoms with Gasteiger partial charge in [-0.3, -0.25) is 9.97 Å². The molecule has 2 aromatic heterocycles. The van der Waals surface area contributed by atoms with Gasteiger partial charge in [-0.05, 0) is 57.9 Å². The Morgan fingerprint density at radius 1 is 0.900 bits per heavy atom. The standard InChI is InChI=1S/C17H24N4.CNS.ClHO4.Cu/c1-20(14-16-8-3-5-10-18-16)12-7-13-21(2)15-17-9-4-6-11-19-17;2-1-3;2-1(3,4)5;/h3-6,8-11H,7,12-15H2,1-2H3;;(H,2,3,4,5);/q;-1;;+2/p-1. The minimum Gasteiger partial charge on any atom is -0.753 e. The third kappa shape index (κ3) is 21.4. The fraction of sp³-hybridized carbons (Fsp3) is 0.389. The molecule has 0 amide bonds. The molecule has 30 heavy (non-hydrogen) atoms. The number of nitrogens with zero attached hydrogens (tertiary/aromatic N) is 5. The summed E-state index contributed by atoms with van der Waals surface area (Å²) < 4.78 is 34.0. The van der Waals surface area contributed by atoms with Crippen LogP contribution in [0.25, 0.3) is 5.41 Å². The molecule has 9 nitrogen and oxygen atoms in total. The third-order valence-corrected chi connectivity index (χ3v) is 3.40. The van der Waals surface area contributed by atoms with E-state index in [0.717, 1.165) is 44.0 Å². The second-order valence-electron chi connectivity index (χ2n) is 5.94. The van der Waals surface area contributed by atoms with Gasteiger partial charge in [-0.2, -0.15) is 5.16 Å². The van der Waals surface area contributed by atoms with Crippen LogP contribution in [0.2, 0.25) is 0 Å². The van der Waals surface area contributed by atoms with Gasteiger partial charge in [-0.25, -0.2) is 18.6 Å². The van der Waals surface area contributed by atoms with Gasteiger partial charge in [0.25, 0.3) is 0 Å². The number of thiocarbonyl (C=S) groups is 1. The topological polar surface area (TPSA) is 147 Å². The van der Waals surface area contributed by atoms with Crippen LogP contribution in [0, 0.1) is 10.2 Å². The summed E-state index contributed by atoms with van der Waals surface area (Å²) in [5.74, 6) is 0. The Morgan fingerprint density at radius 2 is 1.23 bits per heavy atom. The van der Waals surface area contributed by atoms with Gasteiger partial charge in [-0.1, -0.05) is 24.4 Å². The normalized spacial score (nSPS) is 10.1. The maximum atomic E-state index is 8.49. The molecule has 0 N–H and O–H groups in total. The molecule has 2 aromatic rings. The Hall–Kier alpha value is -1.33. The Labute approximate surface area is 195 Å². The van der Waals surface area contributed by atoms with Crippen LogP contribution in [-0.4, -0.2) is 52.1 Å². The van der Waals surface area contributed by atoms with E-state index in [1.807, 2.05) is 36.7 Å². The predicted octanol–water partition coefficient (Wildman–Crippen LogP) is -1.67. The summed E-state index contributed by atoms with van der Waals surface area (Å²) in [7, 11) is -0.652. The van der Waals surface area contributed by atoms with Crippen molar-refractivity contribution in [3.8, 4) is 0 Å². The van der Waals surface area contributed by atoms with Crippen molar-refractivity contribution in [1.29, 1.82) is 0 Å². The van der Waals surface area contributed by atoms with E-state index >= 15 is 0 Å². The summed E-state index contributed by atoms with van der Waals surface area (Å²) in [5.41, 5.74) is 2.25. The van der Waals surface area contributed by atoms with E-state index in [9.17, 15) is 0 Å². The van der Waals surface area contributed by atoms with Crippen molar-refractivity contribution in [2.24, 2.45) is 0 Å². The van der Waals surface area contributed by atoms with Crippen LogP contribution in [0.1, 0.15) is 17.8 Å². The van der Waals surface area contributed by atoms with Crippen LogP contribution in [0.3, 0.4) is 0 Å². The summed E-state index contributed by atoms with van der Waals surface area (Å²) in [5, 5.41) is 8.47. The van der Waals surface area contributed by atoms with Gasteiger partial charge in [0.1, 0.15) is 0 Å². The zero-order chi connectivity index (χ0) is 22.1. The Kier molecular flexibility index (Phi) is 19.0. The first-order valence-electron chi connectivity index (χ1n) is 8.45. The van der Waals surface area contributed by atoms with E-state index in [0.29, 0.717) is 0 Å². The summed E-state index contributed by atoms with van der Waals surface area (Å²) in [6.45, 7) is 3.96. The van der Waals surface area contributed by atoms with Gasteiger partial charge in [0.15, 0.2) is 0 Å². The zero-order valence-corrected chi connectivity index (χ0v) is 19.1. The quantitative estimate of drug-likeness (QED) is 0.233. The van der Waals surface area contributed by atoms with Crippen LogP contribution in [0.15, 0.2) is 48.8 Å². The molecule has 169 valence electrons. The summed E-state index contributed by atoms with van der Waals surface area (Å²) in [6.07, 6.45) is 4.85. The largest absolute Gasteiger partial charge is 2.00 e. The molecule has 0 aromatic carbocycles. The first kappa shape index (κ1) is 30.9. The van der Waals surface area contributed by atoms with Gasteiger partial charge in [0.2, 0.25) is 0 Å². The smallest absolute Gasteiger partial charge is 0.753 e. The summed E-state index contributed by atoms with van der Waals surface area (Å²) >= 11 is 3.70. The van der Waals surface area contributed by atoms with Gasteiger partial charge < -0.3 is 15.2 Å². The average Bonchev–Trinajstić information content (AvgIpc) is 2.62. The summed E-state index contributed by atoms with van der Waals surface area (Å²) in [4.78, 5) is 13.3. The number of hydrogen-bond acceptors (Lipinski definition) is 9. The van der Waals surface area contributed by atoms with E-state index in [-0.39, 0.29) is 17.1 Å². The van der Waals surface area contributed by atoms with Crippen molar-refractivity contribution in [2.75, 3.05) is 27.2 Å². The van der Waals surface area contributed by atoms with Crippen LogP contribution >= 0.6 is 12.2 Å². The van der Waals surface area contributed by atoms with E-state index < -0.39 is 10.2 Å². The van der Waals surface area contributed by atoms with Crippen LogP contribution in [0.4, 0.5) is 0 Å². The Morgan fingerprint density at radius 3 is 1.50 bits per heavy atom. The van der Waals surface area contributed by atoms with Crippen LogP contribution < -0.4 is 18.6 Å². The fourth-order valence-electron chi connectivity index (χ4n) is 2.31. The molecule has 0 aliphatic heterocycles. The minimum absolute atomic E-state index is 0. The molecule has 0 saturated heterocycles. The first-order valence-corrected chi connectivity index (χ1v) is 10.1. The maximum Gasteiger partial charge on any atom is 2.00 e. The van der Waals surface area contributed by atoms with Crippen molar-refractivity contribution in [3.05, 3.63) is 65.6 Å². The van der Waals surface area contributed by atoms with Crippen molar-refractivity contribution in [3.63, 3.8) is 0 Å². The zero-order valence-electron chi connectivity index (χ0n) is 16.6. The third-order valence-electron chi connectivity index (χ3n) is 3.40. The maximum absolute atomic E-state index is 8.49. The number of rotatable bonds is 8. The molecular formula is C18H24ClCuN5O4S.